The maximum atomic E-state index is 11.6. The molecule has 0 radical (unpaired) electrons. The van der Waals surface area contributed by atoms with Crippen molar-refractivity contribution < 1.29 is 30.0 Å². The Morgan fingerprint density at radius 1 is 1.23 bits per heavy atom. The molecule has 0 bridgehead atoms. The molecule has 4 N–H and O–H groups in total. The van der Waals surface area contributed by atoms with E-state index in [1.807, 2.05) is 0 Å². The molecule has 2 atom stereocenters. The Labute approximate surface area is 129 Å². The SMILES string of the molecule is COC(=O)c1cccc(N(CC(O)CO)CC(O)CCO)c1. The van der Waals surface area contributed by atoms with E-state index < -0.39 is 24.8 Å². The molecule has 22 heavy (non-hydrogen) atoms. The van der Waals surface area contributed by atoms with E-state index in [2.05, 4.69) is 4.74 Å². The number of carbonyl (C=O) groups excluding carboxylic acids is 1. The van der Waals surface area contributed by atoms with E-state index in [4.69, 9.17) is 10.2 Å². The Kier molecular flexibility index (Phi) is 7.83. The molecule has 0 aliphatic carbocycles. The summed E-state index contributed by atoms with van der Waals surface area (Å²) in [6.45, 7) is -0.324. The molecule has 1 rings (SSSR count). The van der Waals surface area contributed by atoms with Crippen molar-refractivity contribution in [3.8, 4) is 0 Å². The number of benzene rings is 1. The van der Waals surface area contributed by atoms with Gasteiger partial charge in [0, 0.05) is 25.4 Å². The van der Waals surface area contributed by atoms with Crippen LogP contribution in [0.2, 0.25) is 0 Å². The molecular formula is C15H23NO6. The second-order valence-electron chi connectivity index (χ2n) is 4.95. The van der Waals surface area contributed by atoms with Crippen LogP contribution in [0.3, 0.4) is 0 Å². The highest BCUT2D eigenvalue weighted by Crippen LogP contribution is 2.18. The molecule has 0 spiro atoms. The Bertz CT molecular complexity index is 467. The summed E-state index contributed by atoms with van der Waals surface area (Å²) in [6, 6.07) is 6.57. The van der Waals surface area contributed by atoms with E-state index in [9.17, 15) is 15.0 Å². The Hall–Kier alpha value is -1.67. The number of aliphatic hydroxyl groups is 4. The Morgan fingerprint density at radius 3 is 2.50 bits per heavy atom. The molecular weight excluding hydrogens is 290 g/mol. The highest BCUT2D eigenvalue weighted by Gasteiger charge is 2.17. The molecule has 1 aromatic carbocycles. The lowest BCUT2D eigenvalue weighted by molar-refractivity contribution is 0.0600. The first-order chi connectivity index (χ1) is 10.5. The van der Waals surface area contributed by atoms with E-state index in [0.29, 0.717) is 11.3 Å². The van der Waals surface area contributed by atoms with Gasteiger partial charge in [-0.2, -0.15) is 0 Å². The largest absolute Gasteiger partial charge is 0.465 e. The third kappa shape index (κ3) is 5.61. The van der Waals surface area contributed by atoms with Gasteiger partial charge in [-0.1, -0.05) is 6.07 Å². The number of carbonyl (C=O) groups is 1. The summed E-state index contributed by atoms with van der Waals surface area (Å²) in [5.74, 6) is -0.486. The minimum Gasteiger partial charge on any atom is -0.465 e. The van der Waals surface area contributed by atoms with Gasteiger partial charge < -0.3 is 30.1 Å². The average Bonchev–Trinajstić information content (AvgIpc) is 2.53. The number of methoxy groups -OCH3 is 1. The van der Waals surface area contributed by atoms with Crippen molar-refractivity contribution >= 4 is 11.7 Å². The average molecular weight is 313 g/mol. The lowest BCUT2D eigenvalue weighted by Crippen LogP contribution is -2.39. The van der Waals surface area contributed by atoms with Crippen LogP contribution in [0.4, 0.5) is 5.69 Å². The zero-order valence-corrected chi connectivity index (χ0v) is 12.6. The molecule has 0 fully saturated rings. The van der Waals surface area contributed by atoms with Crippen molar-refractivity contribution in [1.82, 2.24) is 0 Å². The number of rotatable bonds is 9. The predicted octanol–water partition coefficient (Wildman–Crippen LogP) is -0.624. The lowest BCUT2D eigenvalue weighted by Gasteiger charge is -2.29. The first-order valence-corrected chi connectivity index (χ1v) is 7.03. The molecule has 0 saturated carbocycles. The minimum atomic E-state index is -0.983. The molecule has 0 aromatic heterocycles. The van der Waals surface area contributed by atoms with Gasteiger partial charge in [0.05, 0.1) is 31.5 Å². The van der Waals surface area contributed by atoms with Crippen LogP contribution in [0.1, 0.15) is 16.8 Å². The number of hydrogen-bond acceptors (Lipinski definition) is 7. The molecule has 1 aromatic rings. The summed E-state index contributed by atoms with van der Waals surface area (Å²) in [4.78, 5) is 13.2. The molecule has 0 aliphatic rings. The fourth-order valence-corrected chi connectivity index (χ4v) is 2.04. The van der Waals surface area contributed by atoms with Crippen LogP contribution in [0.25, 0.3) is 0 Å². The minimum absolute atomic E-state index is 0.0869. The zero-order valence-electron chi connectivity index (χ0n) is 12.6. The van der Waals surface area contributed by atoms with Gasteiger partial charge in [-0.15, -0.1) is 0 Å². The second-order valence-corrected chi connectivity index (χ2v) is 4.95. The Morgan fingerprint density at radius 2 is 1.91 bits per heavy atom. The van der Waals surface area contributed by atoms with Gasteiger partial charge >= 0.3 is 5.97 Å². The van der Waals surface area contributed by atoms with Crippen molar-refractivity contribution in [3.05, 3.63) is 29.8 Å². The molecule has 7 heteroatoms. The number of nitrogens with zero attached hydrogens (tertiary/aromatic N) is 1. The highest BCUT2D eigenvalue weighted by molar-refractivity contribution is 5.90. The fourth-order valence-electron chi connectivity index (χ4n) is 2.04. The second kappa shape index (κ2) is 9.37. The van der Waals surface area contributed by atoms with Crippen molar-refractivity contribution in [2.45, 2.75) is 18.6 Å². The summed E-state index contributed by atoms with van der Waals surface area (Å²) < 4.78 is 4.66. The van der Waals surface area contributed by atoms with E-state index in [1.165, 1.54) is 7.11 Å². The van der Waals surface area contributed by atoms with Crippen LogP contribution in [0.5, 0.6) is 0 Å². The van der Waals surface area contributed by atoms with Gasteiger partial charge in [0.2, 0.25) is 0 Å². The predicted molar refractivity (Wildman–Crippen MR) is 80.8 cm³/mol. The number of ether oxygens (including phenoxy) is 1. The van der Waals surface area contributed by atoms with Gasteiger partial charge in [-0.25, -0.2) is 4.79 Å². The maximum Gasteiger partial charge on any atom is 0.337 e. The van der Waals surface area contributed by atoms with Crippen LogP contribution in [-0.4, -0.2) is 72.0 Å². The molecule has 7 nitrogen and oxygen atoms in total. The fraction of sp³-hybridized carbons (Fsp3) is 0.533. The van der Waals surface area contributed by atoms with E-state index in [0.717, 1.165) is 0 Å². The molecule has 0 aliphatic heterocycles. The molecule has 0 heterocycles. The molecule has 0 saturated heterocycles. The summed E-state index contributed by atoms with van der Waals surface area (Å²) in [6.07, 6.45) is -1.58. The quantitative estimate of drug-likeness (QED) is 0.450. The first kappa shape index (κ1) is 18.4. The summed E-state index contributed by atoms with van der Waals surface area (Å²) >= 11 is 0. The number of esters is 1. The first-order valence-electron chi connectivity index (χ1n) is 7.03. The van der Waals surface area contributed by atoms with Gasteiger partial charge in [0.15, 0.2) is 0 Å². The van der Waals surface area contributed by atoms with Crippen molar-refractivity contribution in [2.75, 3.05) is 38.3 Å². The van der Waals surface area contributed by atoms with Crippen LogP contribution >= 0.6 is 0 Å². The van der Waals surface area contributed by atoms with Crippen LogP contribution in [-0.2, 0) is 4.74 Å². The van der Waals surface area contributed by atoms with Gasteiger partial charge in [0.25, 0.3) is 0 Å². The van der Waals surface area contributed by atoms with Crippen LogP contribution in [0, 0.1) is 0 Å². The van der Waals surface area contributed by atoms with Gasteiger partial charge in [-0.05, 0) is 24.6 Å². The zero-order chi connectivity index (χ0) is 16.5. The van der Waals surface area contributed by atoms with Crippen LogP contribution < -0.4 is 4.90 Å². The van der Waals surface area contributed by atoms with Crippen molar-refractivity contribution in [3.63, 3.8) is 0 Å². The van der Waals surface area contributed by atoms with Crippen LogP contribution in [0.15, 0.2) is 24.3 Å². The topological polar surface area (TPSA) is 110 Å². The third-order valence-electron chi connectivity index (χ3n) is 3.17. The number of aliphatic hydroxyl groups excluding tert-OH is 4. The summed E-state index contributed by atoms with van der Waals surface area (Å²) in [5, 5.41) is 37.4. The van der Waals surface area contributed by atoms with E-state index in [1.54, 1.807) is 29.2 Å². The van der Waals surface area contributed by atoms with E-state index >= 15 is 0 Å². The standard InChI is InChI=1S/C15H23NO6/c1-22-15(21)11-3-2-4-12(7-11)16(9-14(20)10-18)8-13(19)5-6-17/h2-4,7,13-14,17-20H,5-6,8-10H2,1H3. The Balaban J connectivity index is 2.96. The lowest BCUT2D eigenvalue weighted by atomic mass is 10.1. The number of hydrogen-bond donors (Lipinski definition) is 4. The molecule has 0 amide bonds. The third-order valence-corrected chi connectivity index (χ3v) is 3.17. The van der Waals surface area contributed by atoms with E-state index in [-0.39, 0.29) is 26.1 Å². The van der Waals surface area contributed by atoms with Crippen molar-refractivity contribution in [1.29, 1.82) is 0 Å². The number of anilines is 1. The molecule has 2 unspecified atom stereocenters. The monoisotopic (exact) mass is 313 g/mol. The smallest absolute Gasteiger partial charge is 0.337 e. The van der Waals surface area contributed by atoms with Gasteiger partial charge in [0.1, 0.15) is 0 Å². The van der Waals surface area contributed by atoms with Crippen molar-refractivity contribution in [2.24, 2.45) is 0 Å². The molecule has 124 valence electrons. The highest BCUT2D eigenvalue weighted by atomic mass is 16.5. The summed E-state index contributed by atoms with van der Waals surface area (Å²) in [5.41, 5.74) is 0.951. The maximum absolute atomic E-state index is 11.6. The summed E-state index contributed by atoms with van der Waals surface area (Å²) in [7, 11) is 1.29. The normalized spacial score (nSPS) is 13.5. The van der Waals surface area contributed by atoms with Gasteiger partial charge in [-0.3, -0.25) is 0 Å².